The summed E-state index contributed by atoms with van der Waals surface area (Å²) in [4.78, 5) is 27.0. The topological polar surface area (TPSA) is 51.5 Å². The van der Waals surface area contributed by atoms with Gasteiger partial charge in [-0.2, -0.15) is 0 Å². The zero-order valence-corrected chi connectivity index (χ0v) is 15.6. The van der Waals surface area contributed by atoms with Crippen molar-refractivity contribution in [2.75, 3.05) is 7.11 Å². The van der Waals surface area contributed by atoms with Gasteiger partial charge in [-0.1, -0.05) is 30.3 Å². The molecule has 0 spiro atoms. The number of hydrogen-bond acceptors (Lipinski definition) is 3. The van der Waals surface area contributed by atoms with E-state index in [4.69, 9.17) is 4.74 Å². The summed E-state index contributed by atoms with van der Waals surface area (Å²) in [5.41, 5.74) is 2.16. The number of aromatic nitrogens is 1. The Balaban J connectivity index is 1.59. The molecule has 1 fully saturated rings. The molecule has 0 radical (unpaired) electrons. The van der Waals surface area contributed by atoms with Crippen LogP contribution in [-0.2, 0) is 22.6 Å². The Hall–Kier alpha value is -3.15. The summed E-state index contributed by atoms with van der Waals surface area (Å²) in [6, 6.07) is 13.9. The molecule has 1 aromatic heterocycles. The average molecular weight is 380 g/mol. The van der Waals surface area contributed by atoms with E-state index >= 15 is 0 Å². The lowest BCUT2D eigenvalue weighted by molar-refractivity contribution is -0.133. The third kappa shape index (κ3) is 3.63. The van der Waals surface area contributed by atoms with Crippen molar-refractivity contribution in [3.05, 3.63) is 71.7 Å². The molecule has 0 saturated heterocycles. The highest BCUT2D eigenvalue weighted by Crippen LogP contribution is 2.29. The van der Waals surface area contributed by atoms with E-state index in [0.29, 0.717) is 12.1 Å². The van der Waals surface area contributed by atoms with Crippen LogP contribution in [-0.4, -0.2) is 34.5 Å². The Morgan fingerprint density at radius 1 is 1.14 bits per heavy atom. The second-order valence-electron chi connectivity index (χ2n) is 7.06. The summed E-state index contributed by atoms with van der Waals surface area (Å²) >= 11 is 0. The molecule has 1 saturated carbocycles. The molecule has 1 heterocycles. The van der Waals surface area contributed by atoms with E-state index in [9.17, 15) is 14.0 Å². The number of benzene rings is 2. The minimum absolute atomic E-state index is 0.0241. The lowest BCUT2D eigenvalue weighted by Crippen LogP contribution is -2.35. The van der Waals surface area contributed by atoms with Gasteiger partial charge in [0.25, 0.3) is 0 Å². The van der Waals surface area contributed by atoms with Crippen LogP contribution in [0.15, 0.2) is 54.7 Å². The fourth-order valence-electron chi connectivity index (χ4n) is 3.48. The number of hydrogen-bond donors (Lipinski definition) is 0. The Labute approximate surface area is 162 Å². The fraction of sp³-hybridized carbons (Fsp3) is 0.273. The first kappa shape index (κ1) is 18.2. The molecule has 28 heavy (non-hydrogen) atoms. The smallest absolute Gasteiger partial charge is 0.340 e. The summed E-state index contributed by atoms with van der Waals surface area (Å²) in [6.45, 7) is 0.585. The van der Waals surface area contributed by atoms with E-state index in [1.54, 1.807) is 22.9 Å². The molecule has 0 bridgehead atoms. The number of esters is 1. The standard InChI is InChI=1S/C22H21FN2O3/c1-28-22(27)19-13-24(20-5-3-2-4-18(19)20)14-21(26)25(17-10-11-17)12-15-6-8-16(23)9-7-15/h2-9,13,17H,10-12,14H2,1H3. The predicted molar refractivity (Wildman–Crippen MR) is 103 cm³/mol. The SMILES string of the molecule is COC(=O)c1cn(CC(=O)N(Cc2ccc(F)cc2)C2CC2)c2ccccc12. The molecule has 2 aromatic carbocycles. The summed E-state index contributed by atoms with van der Waals surface area (Å²) in [5.74, 6) is -0.737. The molecule has 3 aromatic rings. The van der Waals surface area contributed by atoms with Crippen LogP contribution >= 0.6 is 0 Å². The summed E-state index contributed by atoms with van der Waals surface area (Å²) in [5, 5.41) is 0.763. The molecule has 144 valence electrons. The fourth-order valence-corrected chi connectivity index (χ4v) is 3.48. The second-order valence-corrected chi connectivity index (χ2v) is 7.06. The number of para-hydroxylation sites is 1. The molecule has 4 rings (SSSR count). The number of halogens is 1. The quantitative estimate of drug-likeness (QED) is 0.612. The Kier molecular flexibility index (Phi) is 4.86. The highest BCUT2D eigenvalue weighted by Gasteiger charge is 2.32. The molecule has 5 nitrogen and oxygen atoms in total. The third-order valence-electron chi connectivity index (χ3n) is 5.07. The summed E-state index contributed by atoms with van der Waals surface area (Å²) < 4.78 is 19.8. The molecular formula is C22H21FN2O3. The first-order valence-corrected chi connectivity index (χ1v) is 9.27. The number of amides is 1. The zero-order chi connectivity index (χ0) is 19.7. The average Bonchev–Trinajstić information content (AvgIpc) is 3.49. The summed E-state index contributed by atoms with van der Waals surface area (Å²) in [6.07, 6.45) is 3.64. The van der Waals surface area contributed by atoms with Gasteiger partial charge in [-0.3, -0.25) is 4.79 Å². The normalized spacial score (nSPS) is 13.5. The van der Waals surface area contributed by atoms with Crippen molar-refractivity contribution < 1.29 is 18.7 Å². The molecular weight excluding hydrogens is 359 g/mol. The van der Waals surface area contributed by atoms with Crippen molar-refractivity contribution in [1.82, 2.24) is 9.47 Å². The van der Waals surface area contributed by atoms with Crippen molar-refractivity contribution in [1.29, 1.82) is 0 Å². The minimum Gasteiger partial charge on any atom is -0.465 e. The molecule has 6 heteroatoms. The van der Waals surface area contributed by atoms with Gasteiger partial charge in [0.05, 0.1) is 12.7 Å². The first-order chi connectivity index (χ1) is 13.6. The van der Waals surface area contributed by atoms with Crippen LogP contribution in [0.3, 0.4) is 0 Å². The van der Waals surface area contributed by atoms with E-state index in [1.807, 2.05) is 29.2 Å². The van der Waals surface area contributed by atoms with Gasteiger partial charge in [0, 0.05) is 29.7 Å². The maximum absolute atomic E-state index is 13.2. The van der Waals surface area contributed by atoms with Gasteiger partial charge in [-0.05, 0) is 36.6 Å². The predicted octanol–water partition coefficient (Wildman–Crippen LogP) is 3.76. The van der Waals surface area contributed by atoms with Crippen LogP contribution in [0.25, 0.3) is 10.9 Å². The van der Waals surface area contributed by atoms with Gasteiger partial charge < -0.3 is 14.2 Å². The van der Waals surface area contributed by atoms with Crippen LogP contribution in [0.4, 0.5) is 4.39 Å². The molecule has 0 atom stereocenters. The first-order valence-electron chi connectivity index (χ1n) is 9.27. The van der Waals surface area contributed by atoms with Crippen LogP contribution in [0, 0.1) is 5.82 Å². The molecule has 0 aliphatic heterocycles. The minimum atomic E-state index is -0.423. The van der Waals surface area contributed by atoms with E-state index in [2.05, 4.69) is 0 Å². The van der Waals surface area contributed by atoms with Gasteiger partial charge in [0.2, 0.25) is 5.91 Å². The van der Waals surface area contributed by atoms with Crippen molar-refractivity contribution in [2.24, 2.45) is 0 Å². The van der Waals surface area contributed by atoms with Crippen LogP contribution < -0.4 is 0 Å². The zero-order valence-electron chi connectivity index (χ0n) is 15.6. The third-order valence-corrected chi connectivity index (χ3v) is 5.07. The summed E-state index contributed by atoms with van der Waals surface area (Å²) in [7, 11) is 1.34. The largest absolute Gasteiger partial charge is 0.465 e. The Bertz CT molecular complexity index is 1020. The monoisotopic (exact) mass is 380 g/mol. The number of carbonyl (C=O) groups is 2. The Morgan fingerprint density at radius 2 is 1.86 bits per heavy atom. The van der Waals surface area contributed by atoms with E-state index in [0.717, 1.165) is 29.3 Å². The van der Waals surface area contributed by atoms with Crippen molar-refractivity contribution in [2.45, 2.75) is 32.0 Å². The lowest BCUT2D eigenvalue weighted by Gasteiger charge is -2.23. The number of methoxy groups -OCH3 is 1. The number of fused-ring (bicyclic) bond motifs is 1. The van der Waals surface area contributed by atoms with Gasteiger partial charge in [0.15, 0.2) is 0 Å². The van der Waals surface area contributed by atoms with Gasteiger partial charge >= 0.3 is 5.97 Å². The number of rotatable bonds is 6. The molecule has 0 unspecified atom stereocenters. The van der Waals surface area contributed by atoms with Crippen molar-refractivity contribution in [3.8, 4) is 0 Å². The van der Waals surface area contributed by atoms with Gasteiger partial charge in [-0.15, -0.1) is 0 Å². The number of nitrogens with zero attached hydrogens (tertiary/aromatic N) is 2. The molecule has 1 aliphatic rings. The lowest BCUT2D eigenvalue weighted by atomic mass is 10.2. The maximum Gasteiger partial charge on any atom is 0.340 e. The highest BCUT2D eigenvalue weighted by atomic mass is 19.1. The van der Waals surface area contributed by atoms with E-state index in [-0.39, 0.29) is 24.3 Å². The highest BCUT2D eigenvalue weighted by molar-refractivity contribution is 6.04. The molecule has 1 aliphatic carbocycles. The maximum atomic E-state index is 13.2. The van der Waals surface area contributed by atoms with Crippen LogP contribution in [0.1, 0.15) is 28.8 Å². The van der Waals surface area contributed by atoms with Gasteiger partial charge in [0.1, 0.15) is 12.4 Å². The van der Waals surface area contributed by atoms with E-state index < -0.39 is 5.97 Å². The Morgan fingerprint density at radius 3 is 2.54 bits per heavy atom. The van der Waals surface area contributed by atoms with Crippen molar-refractivity contribution >= 4 is 22.8 Å². The van der Waals surface area contributed by atoms with Crippen LogP contribution in [0.2, 0.25) is 0 Å². The van der Waals surface area contributed by atoms with E-state index in [1.165, 1.54) is 19.2 Å². The number of ether oxygens (including phenoxy) is 1. The van der Waals surface area contributed by atoms with Crippen LogP contribution in [0.5, 0.6) is 0 Å². The molecule has 1 amide bonds. The number of carbonyl (C=O) groups excluding carboxylic acids is 2. The molecule has 0 N–H and O–H groups in total. The van der Waals surface area contributed by atoms with Gasteiger partial charge in [-0.25, -0.2) is 9.18 Å². The van der Waals surface area contributed by atoms with Crippen molar-refractivity contribution in [3.63, 3.8) is 0 Å². The second kappa shape index (κ2) is 7.46.